The Hall–Kier alpha value is -1.12. The third-order valence-electron chi connectivity index (χ3n) is 2.15. The molecule has 17 heavy (non-hydrogen) atoms. The van der Waals surface area contributed by atoms with Gasteiger partial charge in [0.15, 0.2) is 0 Å². The number of hydrogen-bond donors (Lipinski definition) is 2. The summed E-state index contributed by atoms with van der Waals surface area (Å²) in [6, 6.07) is 2.87. The third-order valence-corrected chi connectivity index (χ3v) is 4.68. The molecule has 0 aliphatic carbocycles. The van der Waals surface area contributed by atoms with E-state index in [0.29, 0.717) is 13.1 Å². The number of sulfonamides is 1. The van der Waals surface area contributed by atoms with Crippen LogP contribution in [-0.4, -0.2) is 32.9 Å². The number of amides is 2. The molecule has 0 bridgehead atoms. The van der Waals surface area contributed by atoms with E-state index in [2.05, 4.69) is 5.32 Å². The molecule has 1 aromatic heterocycles. The summed E-state index contributed by atoms with van der Waals surface area (Å²) in [6.45, 7) is 2.77. The molecule has 0 unspecified atom stereocenters. The molecule has 0 aliphatic heterocycles. The first kappa shape index (κ1) is 13.9. The maximum atomic E-state index is 11.4. The van der Waals surface area contributed by atoms with Crippen LogP contribution in [0.3, 0.4) is 0 Å². The smallest absolute Gasteiger partial charge is 0.317 e. The predicted molar refractivity (Wildman–Crippen MR) is 66.2 cm³/mol. The van der Waals surface area contributed by atoms with Gasteiger partial charge in [0.25, 0.3) is 0 Å². The van der Waals surface area contributed by atoms with Gasteiger partial charge in [-0.05, 0) is 19.1 Å². The average molecular weight is 277 g/mol. The van der Waals surface area contributed by atoms with Crippen LogP contribution in [0.25, 0.3) is 0 Å². The maximum Gasteiger partial charge on any atom is 0.317 e. The number of nitrogens with one attached hydrogen (secondary N) is 1. The summed E-state index contributed by atoms with van der Waals surface area (Å²) >= 11 is 1.05. The average Bonchev–Trinajstić information content (AvgIpc) is 2.72. The van der Waals surface area contributed by atoms with Crippen LogP contribution in [-0.2, 0) is 16.6 Å². The van der Waals surface area contributed by atoms with E-state index < -0.39 is 10.0 Å². The summed E-state index contributed by atoms with van der Waals surface area (Å²) in [4.78, 5) is 13.7. The second-order valence-electron chi connectivity index (χ2n) is 3.44. The number of rotatable bonds is 4. The van der Waals surface area contributed by atoms with E-state index in [1.54, 1.807) is 13.1 Å². The predicted octanol–water partition coefficient (Wildman–Crippen LogP) is 0.557. The largest absolute Gasteiger partial charge is 0.333 e. The van der Waals surface area contributed by atoms with Gasteiger partial charge in [-0.1, -0.05) is 0 Å². The van der Waals surface area contributed by atoms with E-state index in [-0.39, 0.29) is 10.2 Å². The van der Waals surface area contributed by atoms with Crippen LogP contribution in [0.15, 0.2) is 16.3 Å². The van der Waals surface area contributed by atoms with Crippen molar-refractivity contribution in [2.24, 2.45) is 5.14 Å². The summed E-state index contributed by atoms with van der Waals surface area (Å²) in [6.07, 6.45) is 0. The fourth-order valence-electron chi connectivity index (χ4n) is 1.05. The lowest BCUT2D eigenvalue weighted by molar-refractivity contribution is 0.210. The lowest BCUT2D eigenvalue weighted by atomic mass is 10.4. The first-order valence-electron chi connectivity index (χ1n) is 4.95. The highest BCUT2D eigenvalue weighted by Gasteiger charge is 2.12. The van der Waals surface area contributed by atoms with Crippen molar-refractivity contribution >= 4 is 27.4 Å². The number of hydrogen-bond acceptors (Lipinski definition) is 4. The van der Waals surface area contributed by atoms with Gasteiger partial charge in [-0.3, -0.25) is 0 Å². The molecule has 0 aliphatic rings. The Morgan fingerprint density at radius 1 is 1.53 bits per heavy atom. The van der Waals surface area contributed by atoms with Gasteiger partial charge in [-0.25, -0.2) is 18.4 Å². The Kier molecular flexibility index (Phi) is 4.49. The van der Waals surface area contributed by atoms with E-state index in [1.807, 2.05) is 6.92 Å². The molecule has 1 heterocycles. The van der Waals surface area contributed by atoms with Crippen LogP contribution >= 0.6 is 11.3 Å². The van der Waals surface area contributed by atoms with E-state index in [9.17, 15) is 13.2 Å². The molecule has 96 valence electrons. The van der Waals surface area contributed by atoms with Gasteiger partial charge in [0.1, 0.15) is 4.21 Å². The van der Waals surface area contributed by atoms with Crippen LogP contribution in [0.1, 0.15) is 11.8 Å². The van der Waals surface area contributed by atoms with Crippen LogP contribution in [0.4, 0.5) is 4.79 Å². The number of carbonyl (C=O) groups is 1. The van der Waals surface area contributed by atoms with Gasteiger partial charge in [-0.15, -0.1) is 11.3 Å². The summed E-state index contributed by atoms with van der Waals surface area (Å²) in [5, 5.41) is 7.66. The first-order valence-corrected chi connectivity index (χ1v) is 7.31. The minimum Gasteiger partial charge on any atom is -0.333 e. The molecular weight excluding hydrogens is 262 g/mol. The number of primary sulfonamides is 1. The monoisotopic (exact) mass is 277 g/mol. The van der Waals surface area contributed by atoms with Gasteiger partial charge >= 0.3 is 6.03 Å². The Bertz CT molecular complexity index is 495. The number of urea groups is 1. The second kappa shape index (κ2) is 5.48. The standard InChI is InChI=1S/C9H15N3O3S2/c1-3-12(2)9(13)11-6-7-4-5-8(16-7)17(10,14)15/h4-5H,3,6H2,1-2H3,(H,11,13)(H2,10,14,15). The number of thiophene rings is 1. The van der Waals surface area contributed by atoms with Crippen molar-refractivity contribution in [3.8, 4) is 0 Å². The lowest BCUT2D eigenvalue weighted by Crippen LogP contribution is -2.36. The molecular formula is C9H15N3O3S2. The van der Waals surface area contributed by atoms with E-state index >= 15 is 0 Å². The quantitative estimate of drug-likeness (QED) is 0.842. The van der Waals surface area contributed by atoms with Crippen molar-refractivity contribution in [3.05, 3.63) is 17.0 Å². The molecule has 6 nitrogen and oxygen atoms in total. The third kappa shape index (κ3) is 3.99. The summed E-state index contributed by atoms with van der Waals surface area (Å²) in [7, 11) is -1.97. The van der Waals surface area contributed by atoms with Crippen molar-refractivity contribution in [2.75, 3.05) is 13.6 Å². The van der Waals surface area contributed by atoms with Crippen molar-refractivity contribution in [1.82, 2.24) is 10.2 Å². The van der Waals surface area contributed by atoms with Gasteiger partial charge in [0.2, 0.25) is 10.0 Å². The molecule has 2 amide bonds. The number of nitrogens with two attached hydrogens (primary N) is 1. The van der Waals surface area contributed by atoms with Gasteiger partial charge in [0, 0.05) is 18.5 Å². The Balaban J connectivity index is 2.60. The van der Waals surface area contributed by atoms with Crippen LogP contribution in [0.2, 0.25) is 0 Å². The van der Waals surface area contributed by atoms with Crippen molar-refractivity contribution in [2.45, 2.75) is 17.7 Å². The van der Waals surface area contributed by atoms with E-state index in [4.69, 9.17) is 5.14 Å². The highest BCUT2D eigenvalue weighted by Crippen LogP contribution is 2.19. The molecule has 3 N–H and O–H groups in total. The highest BCUT2D eigenvalue weighted by atomic mass is 32.2. The normalized spacial score (nSPS) is 11.2. The van der Waals surface area contributed by atoms with Crippen molar-refractivity contribution in [3.63, 3.8) is 0 Å². The zero-order chi connectivity index (χ0) is 13.1. The molecule has 0 fully saturated rings. The minimum atomic E-state index is -3.65. The van der Waals surface area contributed by atoms with Crippen LogP contribution in [0, 0.1) is 0 Å². The summed E-state index contributed by atoms with van der Waals surface area (Å²) in [5.41, 5.74) is 0. The molecule has 0 atom stereocenters. The van der Waals surface area contributed by atoms with E-state index in [0.717, 1.165) is 16.2 Å². The van der Waals surface area contributed by atoms with Crippen LogP contribution in [0.5, 0.6) is 0 Å². The SMILES string of the molecule is CCN(C)C(=O)NCc1ccc(S(N)(=O)=O)s1. The van der Waals surface area contributed by atoms with E-state index in [1.165, 1.54) is 11.0 Å². The molecule has 0 aromatic carbocycles. The number of carbonyl (C=O) groups excluding carboxylic acids is 1. The molecule has 1 aromatic rings. The molecule has 8 heteroatoms. The first-order chi connectivity index (χ1) is 7.84. The van der Waals surface area contributed by atoms with Crippen LogP contribution < -0.4 is 10.5 Å². The maximum absolute atomic E-state index is 11.4. The highest BCUT2D eigenvalue weighted by molar-refractivity contribution is 7.91. The van der Waals surface area contributed by atoms with Crippen molar-refractivity contribution < 1.29 is 13.2 Å². The molecule has 0 saturated heterocycles. The fraction of sp³-hybridized carbons (Fsp3) is 0.444. The van der Waals surface area contributed by atoms with Crippen molar-refractivity contribution in [1.29, 1.82) is 0 Å². The molecule has 1 rings (SSSR count). The zero-order valence-electron chi connectivity index (χ0n) is 9.63. The van der Waals surface area contributed by atoms with Gasteiger partial charge < -0.3 is 10.2 Å². The Morgan fingerprint density at radius 3 is 2.65 bits per heavy atom. The topological polar surface area (TPSA) is 92.5 Å². The molecule has 0 radical (unpaired) electrons. The van der Waals surface area contributed by atoms with Gasteiger partial charge in [0.05, 0.1) is 6.54 Å². The Labute approximate surface area is 104 Å². The van der Waals surface area contributed by atoms with Gasteiger partial charge in [-0.2, -0.15) is 0 Å². The minimum absolute atomic E-state index is 0.102. The second-order valence-corrected chi connectivity index (χ2v) is 6.40. The Morgan fingerprint density at radius 2 is 2.18 bits per heavy atom. The summed E-state index contributed by atoms with van der Waals surface area (Å²) < 4.78 is 22.2. The molecule has 0 saturated carbocycles. The number of nitrogens with zero attached hydrogens (tertiary/aromatic N) is 1. The molecule has 0 spiro atoms. The lowest BCUT2D eigenvalue weighted by Gasteiger charge is -2.14. The zero-order valence-corrected chi connectivity index (χ0v) is 11.3. The summed E-state index contributed by atoms with van der Waals surface area (Å²) in [5.74, 6) is 0. The fourth-order valence-corrected chi connectivity index (χ4v) is 2.77.